The van der Waals surface area contributed by atoms with Crippen molar-refractivity contribution in [3.8, 4) is 6.07 Å². The minimum atomic E-state index is -0.720. The number of halogens is 1. The van der Waals surface area contributed by atoms with Gasteiger partial charge < -0.3 is 5.73 Å². The molecule has 2 N–H and O–H groups in total. The first-order chi connectivity index (χ1) is 12.1. The van der Waals surface area contributed by atoms with Gasteiger partial charge >= 0.3 is 0 Å². The molecule has 1 amide bonds. The summed E-state index contributed by atoms with van der Waals surface area (Å²) >= 11 is 3.57. The monoisotopic (exact) mass is 390 g/mol. The molecular formula is C21H15BrN2O. The van der Waals surface area contributed by atoms with Crippen molar-refractivity contribution >= 4 is 38.7 Å². The van der Waals surface area contributed by atoms with Crippen molar-refractivity contribution < 1.29 is 4.79 Å². The highest BCUT2D eigenvalue weighted by atomic mass is 79.9. The minimum absolute atomic E-state index is 0.0512. The van der Waals surface area contributed by atoms with Crippen molar-refractivity contribution in [3.63, 3.8) is 0 Å². The van der Waals surface area contributed by atoms with Crippen LogP contribution < -0.4 is 5.73 Å². The Hall–Kier alpha value is -2.90. The average Bonchev–Trinajstić information content (AvgIpc) is 2.62. The van der Waals surface area contributed by atoms with Gasteiger partial charge in [0.25, 0.3) is 5.91 Å². The Kier molecular flexibility index (Phi) is 4.97. The molecule has 0 spiro atoms. The Balaban J connectivity index is 2.22. The van der Waals surface area contributed by atoms with E-state index in [1.807, 2.05) is 60.7 Å². The molecule has 0 saturated heterocycles. The third kappa shape index (κ3) is 3.62. The number of rotatable bonds is 4. The molecule has 3 rings (SSSR count). The Bertz CT molecular complexity index is 1030. The summed E-state index contributed by atoms with van der Waals surface area (Å²) in [6.45, 7) is 0. The molecule has 0 unspecified atom stereocenters. The molecule has 0 bridgehead atoms. The molecule has 0 fully saturated rings. The van der Waals surface area contributed by atoms with Crippen LogP contribution in [0, 0.1) is 11.3 Å². The van der Waals surface area contributed by atoms with Crippen LogP contribution in [0.15, 0.2) is 70.7 Å². The minimum Gasteiger partial charge on any atom is -0.365 e. The second kappa shape index (κ2) is 7.33. The number of nitriles is 1. The Morgan fingerprint density at radius 3 is 2.48 bits per heavy atom. The Labute approximate surface area is 154 Å². The van der Waals surface area contributed by atoms with E-state index in [2.05, 4.69) is 22.0 Å². The van der Waals surface area contributed by atoms with Gasteiger partial charge in [-0.15, -0.1) is 0 Å². The summed E-state index contributed by atoms with van der Waals surface area (Å²) in [7, 11) is 0. The van der Waals surface area contributed by atoms with E-state index in [4.69, 9.17) is 5.73 Å². The maximum absolute atomic E-state index is 11.5. The van der Waals surface area contributed by atoms with E-state index >= 15 is 0 Å². The van der Waals surface area contributed by atoms with E-state index in [0.717, 1.165) is 31.9 Å². The molecule has 25 heavy (non-hydrogen) atoms. The summed E-state index contributed by atoms with van der Waals surface area (Å²) in [6, 6.07) is 21.9. The van der Waals surface area contributed by atoms with Gasteiger partial charge in [0.15, 0.2) is 0 Å². The highest BCUT2D eigenvalue weighted by Crippen LogP contribution is 2.28. The number of benzene rings is 3. The first-order valence-electron chi connectivity index (χ1n) is 7.76. The van der Waals surface area contributed by atoms with Crippen molar-refractivity contribution in [1.82, 2.24) is 0 Å². The highest BCUT2D eigenvalue weighted by molar-refractivity contribution is 9.10. The number of carbonyl (C=O) groups excluding carboxylic acids is 1. The number of primary amides is 1. The van der Waals surface area contributed by atoms with Crippen molar-refractivity contribution in [2.75, 3.05) is 0 Å². The fourth-order valence-electron chi connectivity index (χ4n) is 2.82. The molecule has 0 aromatic heterocycles. The SMILES string of the molecule is N#C/C(=C\c1c(Cc2ccccc2Br)ccc2ccccc12)C(N)=O. The zero-order valence-corrected chi connectivity index (χ0v) is 15.0. The summed E-state index contributed by atoms with van der Waals surface area (Å²) in [5, 5.41) is 11.3. The topological polar surface area (TPSA) is 66.9 Å². The molecule has 0 saturated carbocycles. The number of hydrogen-bond acceptors (Lipinski definition) is 2. The van der Waals surface area contributed by atoms with E-state index in [1.165, 1.54) is 0 Å². The lowest BCUT2D eigenvalue weighted by atomic mass is 9.93. The van der Waals surface area contributed by atoms with Crippen molar-refractivity contribution in [2.24, 2.45) is 5.73 Å². The van der Waals surface area contributed by atoms with E-state index < -0.39 is 5.91 Å². The molecule has 3 aromatic rings. The van der Waals surface area contributed by atoms with E-state index in [-0.39, 0.29) is 5.57 Å². The van der Waals surface area contributed by atoms with Crippen LogP contribution in [-0.4, -0.2) is 5.91 Å². The van der Waals surface area contributed by atoms with Gasteiger partial charge in [0.05, 0.1) is 0 Å². The van der Waals surface area contributed by atoms with E-state index in [1.54, 1.807) is 6.08 Å². The molecule has 0 heterocycles. The average molecular weight is 391 g/mol. The van der Waals surface area contributed by atoms with Gasteiger partial charge in [-0.1, -0.05) is 70.5 Å². The number of hydrogen-bond donors (Lipinski definition) is 1. The number of amides is 1. The summed E-state index contributed by atoms with van der Waals surface area (Å²) in [5.41, 5.74) is 8.29. The largest absolute Gasteiger partial charge is 0.365 e. The predicted octanol–water partition coefficient (Wildman–Crippen LogP) is 4.59. The maximum Gasteiger partial charge on any atom is 0.259 e. The lowest BCUT2D eigenvalue weighted by Crippen LogP contribution is -2.12. The maximum atomic E-state index is 11.5. The molecule has 122 valence electrons. The smallest absolute Gasteiger partial charge is 0.259 e. The summed E-state index contributed by atoms with van der Waals surface area (Å²) in [5.74, 6) is -0.720. The lowest BCUT2D eigenvalue weighted by molar-refractivity contribution is -0.114. The predicted molar refractivity (Wildman–Crippen MR) is 104 cm³/mol. The molecule has 0 aliphatic carbocycles. The quantitative estimate of drug-likeness (QED) is 0.522. The van der Waals surface area contributed by atoms with Crippen LogP contribution >= 0.6 is 15.9 Å². The van der Waals surface area contributed by atoms with Gasteiger partial charge in [-0.2, -0.15) is 5.26 Å². The second-order valence-electron chi connectivity index (χ2n) is 5.66. The van der Waals surface area contributed by atoms with E-state index in [9.17, 15) is 10.1 Å². The third-order valence-electron chi connectivity index (χ3n) is 4.07. The van der Waals surface area contributed by atoms with Crippen LogP contribution in [0.5, 0.6) is 0 Å². The normalized spacial score (nSPS) is 11.3. The molecule has 0 radical (unpaired) electrons. The van der Waals surface area contributed by atoms with Gasteiger partial charge in [-0.05, 0) is 46.0 Å². The molecule has 3 nitrogen and oxygen atoms in total. The second-order valence-corrected chi connectivity index (χ2v) is 6.52. The number of nitrogens with zero attached hydrogens (tertiary/aromatic N) is 1. The fourth-order valence-corrected chi connectivity index (χ4v) is 3.24. The zero-order chi connectivity index (χ0) is 17.8. The Morgan fingerprint density at radius 1 is 1.04 bits per heavy atom. The molecule has 0 aliphatic heterocycles. The number of fused-ring (bicyclic) bond motifs is 1. The van der Waals surface area contributed by atoms with Crippen LogP contribution in [-0.2, 0) is 11.2 Å². The first kappa shape index (κ1) is 16.9. The van der Waals surface area contributed by atoms with Crippen LogP contribution in [0.2, 0.25) is 0 Å². The van der Waals surface area contributed by atoms with Crippen molar-refractivity contribution in [2.45, 2.75) is 6.42 Å². The van der Waals surface area contributed by atoms with Gasteiger partial charge in [0.1, 0.15) is 11.6 Å². The standard InChI is InChI=1S/C21H15BrN2O/c22-20-8-4-2-6-16(20)11-15-10-9-14-5-1-3-7-18(14)19(15)12-17(13-23)21(24)25/h1-10,12H,11H2,(H2,24,25)/b17-12+. The van der Waals surface area contributed by atoms with Gasteiger partial charge in [0.2, 0.25) is 0 Å². The summed E-state index contributed by atoms with van der Waals surface area (Å²) in [4.78, 5) is 11.5. The molecule has 3 aromatic carbocycles. The van der Waals surface area contributed by atoms with Crippen LogP contribution in [0.3, 0.4) is 0 Å². The number of carbonyl (C=O) groups is 1. The van der Waals surface area contributed by atoms with E-state index in [0.29, 0.717) is 6.42 Å². The Morgan fingerprint density at radius 2 is 1.76 bits per heavy atom. The molecule has 0 atom stereocenters. The summed E-state index contributed by atoms with van der Waals surface area (Å²) in [6.07, 6.45) is 2.27. The number of nitrogens with two attached hydrogens (primary N) is 1. The summed E-state index contributed by atoms with van der Waals surface area (Å²) < 4.78 is 1.02. The zero-order valence-electron chi connectivity index (χ0n) is 13.4. The third-order valence-corrected chi connectivity index (χ3v) is 4.85. The fraction of sp³-hybridized carbons (Fsp3) is 0.0476. The van der Waals surface area contributed by atoms with Crippen molar-refractivity contribution in [1.29, 1.82) is 5.26 Å². The van der Waals surface area contributed by atoms with Crippen LogP contribution in [0.4, 0.5) is 0 Å². The van der Waals surface area contributed by atoms with Gasteiger partial charge in [-0.25, -0.2) is 0 Å². The lowest BCUT2D eigenvalue weighted by Gasteiger charge is -2.12. The molecular weight excluding hydrogens is 376 g/mol. The highest BCUT2D eigenvalue weighted by Gasteiger charge is 2.11. The first-order valence-corrected chi connectivity index (χ1v) is 8.55. The van der Waals surface area contributed by atoms with Crippen LogP contribution in [0.1, 0.15) is 16.7 Å². The molecule has 0 aliphatic rings. The van der Waals surface area contributed by atoms with Crippen molar-refractivity contribution in [3.05, 3.63) is 87.4 Å². The van der Waals surface area contributed by atoms with Crippen LogP contribution in [0.25, 0.3) is 16.8 Å². The van der Waals surface area contributed by atoms with Gasteiger partial charge in [-0.3, -0.25) is 4.79 Å². The van der Waals surface area contributed by atoms with Gasteiger partial charge in [0, 0.05) is 4.47 Å². The molecule has 4 heteroatoms.